The van der Waals surface area contributed by atoms with Crippen molar-refractivity contribution in [3.05, 3.63) is 0 Å². The van der Waals surface area contributed by atoms with E-state index in [9.17, 15) is 0 Å². The zero-order valence-electron chi connectivity index (χ0n) is 15.8. The van der Waals surface area contributed by atoms with E-state index in [2.05, 4.69) is 51.3 Å². The van der Waals surface area contributed by atoms with E-state index in [1.165, 1.54) is 58.4 Å². The van der Waals surface area contributed by atoms with Gasteiger partial charge in [-0.05, 0) is 86.2 Å². The molecule has 0 amide bonds. The predicted molar refractivity (Wildman–Crippen MR) is 94.4 cm³/mol. The van der Waals surface area contributed by atoms with E-state index >= 15 is 0 Å². The Morgan fingerprint density at radius 2 is 1.36 bits per heavy atom. The van der Waals surface area contributed by atoms with Gasteiger partial charge in [-0.25, -0.2) is 0 Å². The van der Waals surface area contributed by atoms with Gasteiger partial charge in [0.1, 0.15) is 0 Å². The van der Waals surface area contributed by atoms with Crippen molar-refractivity contribution in [1.82, 2.24) is 9.80 Å². The molecule has 0 radical (unpaired) electrons. The molecule has 0 saturated carbocycles. The van der Waals surface area contributed by atoms with Gasteiger partial charge in [0.2, 0.25) is 0 Å². The van der Waals surface area contributed by atoms with Crippen LogP contribution in [0.2, 0.25) is 0 Å². The van der Waals surface area contributed by atoms with Crippen LogP contribution >= 0.6 is 0 Å². The first-order chi connectivity index (χ1) is 10.1. The highest BCUT2D eigenvalue weighted by Crippen LogP contribution is 2.26. The van der Waals surface area contributed by atoms with Gasteiger partial charge in [0.05, 0.1) is 11.7 Å². The highest BCUT2D eigenvalue weighted by atomic mass is 16.5. The third-order valence-electron chi connectivity index (χ3n) is 5.13. The van der Waals surface area contributed by atoms with Crippen molar-refractivity contribution in [1.29, 1.82) is 0 Å². The molecule has 22 heavy (non-hydrogen) atoms. The van der Waals surface area contributed by atoms with Gasteiger partial charge in [-0.15, -0.1) is 0 Å². The van der Waals surface area contributed by atoms with Crippen LogP contribution in [0.4, 0.5) is 0 Å². The summed E-state index contributed by atoms with van der Waals surface area (Å²) in [6.07, 6.45) is 5.63. The number of piperidine rings is 2. The summed E-state index contributed by atoms with van der Waals surface area (Å²) >= 11 is 0. The van der Waals surface area contributed by atoms with Crippen molar-refractivity contribution in [3.8, 4) is 0 Å². The molecule has 0 atom stereocenters. The molecule has 3 nitrogen and oxygen atoms in total. The molecular weight excluding hydrogens is 272 g/mol. The van der Waals surface area contributed by atoms with Crippen LogP contribution in [0.15, 0.2) is 0 Å². The van der Waals surface area contributed by atoms with E-state index in [1.807, 2.05) is 0 Å². The van der Waals surface area contributed by atoms with Gasteiger partial charge in [0, 0.05) is 25.2 Å². The third-order valence-corrected chi connectivity index (χ3v) is 5.13. The predicted octanol–water partition coefficient (Wildman–Crippen LogP) is 3.78. The van der Waals surface area contributed by atoms with Crippen molar-refractivity contribution >= 4 is 0 Å². The minimum Gasteiger partial charge on any atom is -0.373 e. The molecule has 2 heterocycles. The second-order valence-corrected chi connectivity index (χ2v) is 9.33. The zero-order valence-corrected chi connectivity index (χ0v) is 15.8. The van der Waals surface area contributed by atoms with Gasteiger partial charge in [-0.2, -0.15) is 0 Å². The fraction of sp³-hybridized carbons (Fsp3) is 1.00. The summed E-state index contributed by atoms with van der Waals surface area (Å²) in [6.45, 7) is 19.8. The standard InChI is InChI=1S/C19H38N2O/c1-18(2,3)21-13-7-16(8-14-21)15-20-11-9-17(10-12-20)22-19(4,5)6/h16-17H,7-15H2,1-6H3. The third kappa shape index (κ3) is 5.82. The van der Waals surface area contributed by atoms with Gasteiger partial charge in [-0.1, -0.05) is 0 Å². The van der Waals surface area contributed by atoms with Gasteiger partial charge < -0.3 is 9.64 Å². The normalized spacial score (nSPS) is 24.8. The van der Waals surface area contributed by atoms with Crippen LogP contribution < -0.4 is 0 Å². The molecule has 0 unspecified atom stereocenters. The number of rotatable bonds is 3. The van der Waals surface area contributed by atoms with Crippen LogP contribution in [0.25, 0.3) is 0 Å². The minimum atomic E-state index is 0.00657. The lowest BCUT2D eigenvalue weighted by Crippen LogP contribution is -2.48. The monoisotopic (exact) mass is 310 g/mol. The molecule has 2 fully saturated rings. The molecule has 0 aromatic carbocycles. The molecule has 0 aromatic heterocycles. The number of nitrogens with zero attached hydrogens (tertiary/aromatic N) is 2. The maximum Gasteiger partial charge on any atom is 0.0606 e. The summed E-state index contributed by atoms with van der Waals surface area (Å²) in [7, 11) is 0. The van der Waals surface area contributed by atoms with Crippen molar-refractivity contribution in [2.24, 2.45) is 5.92 Å². The smallest absolute Gasteiger partial charge is 0.0606 e. The van der Waals surface area contributed by atoms with Crippen LogP contribution in [0.1, 0.15) is 67.2 Å². The molecule has 0 aromatic rings. The van der Waals surface area contributed by atoms with E-state index in [1.54, 1.807) is 0 Å². The second-order valence-electron chi connectivity index (χ2n) is 9.33. The quantitative estimate of drug-likeness (QED) is 0.789. The second kappa shape index (κ2) is 7.19. The van der Waals surface area contributed by atoms with Crippen LogP contribution in [-0.4, -0.2) is 59.8 Å². The molecule has 0 spiro atoms. The van der Waals surface area contributed by atoms with Gasteiger partial charge >= 0.3 is 0 Å². The lowest BCUT2D eigenvalue weighted by atomic mass is 9.92. The van der Waals surface area contributed by atoms with E-state index < -0.39 is 0 Å². The molecule has 0 N–H and O–H groups in total. The maximum atomic E-state index is 6.14. The number of hydrogen-bond donors (Lipinski definition) is 0. The fourth-order valence-corrected chi connectivity index (χ4v) is 3.86. The SMILES string of the molecule is CC(C)(C)OC1CCN(CC2CCN(C(C)(C)C)CC2)CC1. The Balaban J connectivity index is 1.67. The van der Waals surface area contributed by atoms with E-state index in [4.69, 9.17) is 4.74 Å². The van der Waals surface area contributed by atoms with E-state index in [-0.39, 0.29) is 5.60 Å². The largest absolute Gasteiger partial charge is 0.373 e. The van der Waals surface area contributed by atoms with Crippen molar-refractivity contribution < 1.29 is 4.74 Å². The Hall–Kier alpha value is -0.120. The maximum absolute atomic E-state index is 6.14. The number of likely N-dealkylation sites (tertiary alicyclic amines) is 2. The number of hydrogen-bond acceptors (Lipinski definition) is 3. The summed E-state index contributed by atoms with van der Waals surface area (Å²) in [5.41, 5.74) is 0.347. The first kappa shape index (κ1) is 18.2. The van der Waals surface area contributed by atoms with Crippen molar-refractivity contribution in [3.63, 3.8) is 0 Å². The highest BCUT2D eigenvalue weighted by Gasteiger charge is 2.29. The van der Waals surface area contributed by atoms with Crippen LogP contribution in [-0.2, 0) is 4.74 Å². The molecule has 130 valence electrons. The summed E-state index contributed by atoms with van der Waals surface area (Å²) < 4.78 is 6.14. The molecule has 2 rings (SSSR count). The average molecular weight is 311 g/mol. The lowest BCUT2D eigenvalue weighted by Gasteiger charge is -2.43. The van der Waals surface area contributed by atoms with Crippen LogP contribution in [0.3, 0.4) is 0 Å². The summed E-state index contributed by atoms with van der Waals surface area (Å²) in [6, 6.07) is 0. The first-order valence-electron chi connectivity index (χ1n) is 9.29. The topological polar surface area (TPSA) is 15.7 Å². The summed E-state index contributed by atoms with van der Waals surface area (Å²) in [4.78, 5) is 5.33. The number of ether oxygens (including phenoxy) is 1. The Morgan fingerprint density at radius 3 is 1.82 bits per heavy atom. The Kier molecular flexibility index (Phi) is 5.95. The van der Waals surface area contributed by atoms with Crippen LogP contribution in [0, 0.1) is 5.92 Å². The van der Waals surface area contributed by atoms with Crippen molar-refractivity contribution in [2.45, 2.75) is 84.5 Å². The van der Waals surface area contributed by atoms with E-state index in [0.29, 0.717) is 11.6 Å². The lowest BCUT2D eigenvalue weighted by molar-refractivity contribution is -0.0835. The van der Waals surface area contributed by atoms with Crippen molar-refractivity contribution in [2.75, 3.05) is 32.7 Å². The molecular formula is C19H38N2O. The first-order valence-corrected chi connectivity index (χ1v) is 9.29. The van der Waals surface area contributed by atoms with Gasteiger partial charge in [0.25, 0.3) is 0 Å². The Bertz CT molecular complexity index is 326. The summed E-state index contributed by atoms with van der Waals surface area (Å²) in [5.74, 6) is 0.902. The Labute approximate surface area is 138 Å². The van der Waals surface area contributed by atoms with Crippen LogP contribution in [0.5, 0.6) is 0 Å². The minimum absolute atomic E-state index is 0.00657. The van der Waals surface area contributed by atoms with Gasteiger partial charge in [0.15, 0.2) is 0 Å². The molecule has 2 aliphatic heterocycles. The highest BCUT2D eigenvalue weighted by molar-refractivity contribution is 4.84. The molecule has 2 aliphatic rings. The average Bonchev–Trinajstić information content (AvgIpc) is 2.39. The fourth-order valence-electron chi connectivity index (χ4n) is 3.86. The molecule has 2 saturated heterocycles. The Morgan fingerprint density at radius 1 is 0.818 bits per heavy atom. The summed E-state index contributed by atoms with van der Waals surface area (Å²) in [5, 5.41) is 0. The van der Waals surface area contributed by atoms with E-state index in [0.717, 1.165) is 5.92 Å². The van der Waals surface area contributed by atoms with Gasteiger partial charge in [-0.3, -0.25) is 4.90 Å². The molecule has 0 bridgehead atoms. The zero-order chi connectivity index (χ0) is 16.4. The molecule has 0 aliphatic carbocycles. The molecule has 3 heteroatoms.